The van der Waals surface area contributed by atoms with E-state index in [1.54, 1.807) is 6.92 Å². The molecule has 0 aromatic heterocycles. The van der Waals surface area contributed by atoms with Gasteiger partial charge in [-0.15, -0.1) is 12.6 Å². The Balaban J connectivity index is 1.34. The van der Waals surface area contributed by atoms with Crippen molar-refractivity contribution in [2.24, 2.45) is 0 Å². The minimum absolute atomic E-state index is 0.0893. The van der Waals surface area contributed by atoms with Crippen molar-refractivity contribution in [1.82, 2.24) is 4.90 Å². The molecule has 7 heteroatoms. The van der Waals surface area contributed by atoms with Crippen molar-refractivity contribution in [2.75, 3.05) is 35.7 Å². The zero-order valence-corrected chi connectivity index (χ0v) is 19.7. The number of nitrogens with one attached hydrogen (secondary N) is 2. The average Bonchev–Trinajstić information content (AvgIpc) is 3.31. The number of benzene rings is 3. The van der Waals surface area contributed by atoms with E-state index in [9.17, 15) is 9.59 Å². The van der Waals surface area contributed by atoms with Crippen LogP contribution in [0.1, 0.15) is 13.3 Å². The summed E-state index contributed by atoms with van der Waals surface area (Å²) in [6, 6.07) is 23.5. The summed E-state index contributed by atoms with van der Waals surface area (Å²) < 4.78 is 0. The summed E-state index contributed by atoms with van der Waals surface area (Å²) in [6.45, 7) is 3.31. The largest absolute Gasteiger partial charge is 0.369 e. The lowest BCUT2D eigenvalue weighted by molar-refractivity contribution is -0.129. The van der Waals surface area contributed by atoms with E-state index in [1.165, 1.54) is 0 Å². The number of carbonyl (C=O) groups is 2. The summed E-state index contributed by atoms with van der Waals surface area (Å²) in [5.74, 6) is 0.0893. The molecule has 1 heterocycles. The maximum Gasteiger partial charge on any atom is 0.323 e. The van der Waals surface area contributed by atoms with E-state index < -0.39 is 0 Å². The third-order valence-electron chi connectivity index (χ3n) is 6.05. The van der Waals surface area contributed by atoms with Crippen LogP contribution < -0.4 is 15.5 Å². The number of likely N-dealkylation sites (N-methyl/N-ethyl adjacent to an activating group) is 1. The number of urea groups is 1. The molecule has 1 aliphatic rings. The van der Waals surface area contributed by atoms with Crippen LogP contribution >= 0.6 is 12.6 Å². The first kappa shape index (κ1) is 22.7. The Morgan fingerprint density at radius 3 is 2.36 bits per heavy atom. The molecule has 3 amide bonds. The first-order valence-electron chi connectivity index (χ1n) is 11.0. The van der Waals surface area contributed by atoms with Crippen molar-refractivity contribution in [3.05, 3.63) is 72.8 Å². The van der Waals surface area contributed by atoms with Crippen LogP contribution in [-0.4, -0.2) is 43.0 Å². The fourth-order valence-electron chi connectivity index (χ4n) is 4.04. The molecule has 170 valence electrons. The SMILES string of the molecule is CC(=O)N(C)C1CCN(c2ccc(NC(=O)Nc3ccc(-c4ccccc4)cc3S)cc2)C1. The molecule has 1 atom stereocenters. The predicted octanol–water partition coefficient (Wildman–Crippen LogP) is 5.34. The summed E-state index contributed by atoms with van der Waals surface area (Å²) in [5, 5.41) is 5.73. The molecule has 3 aromatic rings. The second-order valence-electron chi connectivity index (χ2n) is 8.24. The van der Waals surface area contributed by atoms with E-state index in [0.717, 1.165) is 36.3 Å². The topological polar surface area (TPSA) is 64.7 Å². The highest BCUT2D eigenvalue weighted by molar-refractivity contribution is 7.80. The fraction of sp³-hybridized carbons (Fsp3) is 0.231. The molecular weight excluding hydrogens is 432 g/mol. The molecule has 1 fully saturated rings. The van der Waals surface area contributed by atoms with Crippen LogP contribution in [0.3, 0.4) is 0 Å². The van der Waals surface area contributed by atoms with Crippen molar-refractivity contribution in [1.29, 1.82) is 0 Å². The number of hydrogen-bond donors (Lipinski definition) is 3. The van der Waals surface area contributed by atoms with Gasteiger partial charge in [0.25, 0.3) is 0 Å². The van der Waals surface area contributed by atoms with Gasteiger partial charge in [0.15, 0.2) is 0 Å². The standard InChI is InChI=1S/C26H28N4O2S/c1-18(31)29(2)23-14-15-30(17-23)22-11-9-21(10-12-22)27-26(32)28-24-13-8-20(16-25(24)33)19-6-4-3-5-7-19/h3-13,16,23,33H,14-15,17H2,1-2H3,(H2,27,28,32). The highest BCUT2D eigenvalue weighted by Crippen LogP contribution is 2.28. The lowest BCUT2D eigenvalue weighted by atomic mass is 10.1. The molecule has 0 saturated carbocycles. The zero-order chi connectivity index (χ0) is 23.4. The van der Waals surface area contributed by atoms with Gasteiger partial charge in [-0.25, -0.2) is 4.79 Å². The van der Waals surface area contributed by atoms with Gasteiger partial charge in [-0.2, -0.15) is 0 Å². The van der Waals surface area contributed by atoms with Gasteiger partial charge in [-0.1, -0.05) is 36.4 Å². The second kappa shape index (κ2) is 10.0. The van der Waals surface area contributed by atoms with Gasteiger partial charge in [0.2, 0.25) is 5.91 Å². The second-order valence-corrected chi connectivity index (χ2v) is 8.72. The molecular formula is C26H28N4O2S. The van der Waals surface area contributed by atoms with E-state index in [4.69, 9.17) is 0 Å². The molecule has 0 radical (unpaired) electrons. The normalized spacial score (nSPS) is 15.2. The maximum absolute atomic E-state index is 12.5. The Morgan fingerprint density at radius 2 is 1.70 bits per heavy atom. The molecule has 33 heavy (non-hydrogen) atoms. The van der Waals surface area contributed by atoms with Crippen molar-refractivity contribution in [3.63, 3.8) is 0 Å². The average molecular weight is 461 g/mol. The number of amides is 3. The number of thiol groups is 1. The van der Waals surface area contributed by atoms with Gasteiger partial charge in [0.1, 0.15) is 0 Å². The van der Waals surface area contributed by atoms with Crippen LogP contribution in [0.15, 0.2) is 77.7 Å². The van der Waals surface area contributed by atoms with Crippen molar-refractivity contribution < 1.29 is 9.59 Å². The molecule has 1 unspecified atom stereocenters. The van der Waals surface area contributed by atoms with Crippen LogP contribution in [0, 0.1) is 0 Å². The number of rotatable bonds is 5. The van der Waals surface area contributed by atoms with E-state index in [-0.39, 0.29) is 18.0 Å². The number of hydrogen-bond acceptors (Lipinski definition) is 4. The summed E-state index contributed by atoms with van der Waals surface area (Å²) in [7, 11) is 1.85. The molecule has 0 spiro atoms. The highest BCUT2D eigenvalue weighted by atomic mass is 32.1. The Morgan fingerprint density at radius 1 is 0.970 bits per heavy atom. The third-order valence-corrected chi connectivity index (χ3v) is 6.42. The number of carbonyl (C=O) groups excluding carboxylic acids is 2. The van der Waals surface area contributed by atoms with Gasteiger partial charge in [0.05, 0.1) is 11.7 Å². The molecule has 2 N–H and O–H groups in total. The van der Waals surface area contributed by atoms with Crippen LogP contribution in [0.5, 0.6) is 0 Å². The Kier molecular flexibility index (Phi) is 6.89. The van der Waals surface area contributed by atoms with Crippen molar-refractivity contribution in [3.8, 4) is 11.1 Å². The zero-order valence-electron chi connectivity index (χ0n) is 18.8. The molecule has 1 aliphatic heterocycles. The first-order valence-corrected chi connectivity index (χ1v) is 11.4. The van der Waals surface area contributed by atoms with Crippen LogP contribution in [0.2, 0.25) is 0 Å². The fourth-order valence-corrected chi connectivity index (χ4v) is 4.31. The highest BCUT2D eigenvalue weighted by Gasteiger charge is 2.27. The Labute approximate surface area is 200 Å². The van der Waals surface area contributed by atoms with E-state index in [1.807, 2.05) is 84.7 Å². The lowest BCUT2D eigenvalue weighted by Gasteiger charge is -2.24. The summed E-state index contributed by atoms with van der Waals surface area (Å²) in [6.07, 6.45) is 0.952. The number of anilines is 3. The van der Waals surface area contributed by atoms with Gasteiger partial charge in [-0.3, -0.25) is 4.79 Å². The van der Waals surface area contributed by atoms with Crippen molar-refractivity contribution in [2.45, 2.75) is 24.3 Å². The molecule has 6 nitrogen and oxygen atoms in total. The molecule has 4 rings (SSSR count). The van der Waals surface area contributed by atoms with Gasteiger partial charge >= 0.3 is 6.03 Å². The van der Waals surface area contributed by atoms with Crippen LogP contribution in [0.4, 0.5) is 21.9 Å². The quantitative estimate of drug-likeness (QED) is 0.450. The summed E-state index contributed by atoms with van der Waals surface area (Å²) in [4.78, 5) is 28.9. The summed E-state index contributed by atoms with van der Waals surface area (Å²) >= 11 is 4.54. The van der Waals surface area contributed by atoms with Gasteiger partial charge in [-0.05, 0) is 53.9 Å². The van der Waals surface area contributed by atoms with E-state index in [2.05, 4.69) is 28.2 Å². The third kappa shape index (κ3) is 5.49. The molecule has 0 aliphatic carbocycles. The Bertz CT molecular complexity index is 1130. The molecule has 1 saturated heterocycles. The monoisotopic (exact) mass is 460 g/mol. The lowest BCUT2D eigenvalue weighted by Crippen LogP contribution is -2.37. The summed E-state index contributed by atoms with van der Waals surface area (Å²) in [5.41, 5.74) is 4.57. The van der Waals surface area contributed by atoms with Crippen LogP contribution in [0.25, 0.3) is 11.1 Å². The van der Waals surface area contributed by atoms with E-state index >= 15 is 0 Å². The predicted molar refractivity (Wildman–Crippen MR) is 137 cm³/mol. The Hall–Kier alpha value is -3.45. The maximum atomic E-state index is 12.5. The van der Waals surface area contributed by atoms with Gasteiger partial charge in [0, 0.05) is 43.3 Å². The van der Waals surface area contributed by atoms with Crippen LogP contribution in [-0.2, 0) is 4.79 Å². The molecule has 0 bridgehead atoms. The molecule has 3 aromatic carbocycles. The first-order chi connectivity index (χ1) is 15.9. The number of nitrogens with zero attached hydrogens (tertiary/aromatic N) is 2. The van der Waals surface area contributed by atoms with Gasteiger partial charge < -0.3 is 20.4 Å². The minimum atomic E-state index is -0.324. The smallest absolute Gasteiger partial charge is 0.323 e. The minimum Gasteiger partial charge on any atom is -0.369 e. The van der Waals surface area contributed by atoms with E-state index in [0.29, 0.717) is 16.3 Å². The van der Waals surface area contributed by atoms with Crippen molar-refractivity contribution >= 4 is 41.6 Å².